The van der Waals surface area contributed by atoms with Gasteiger partial charge >= 0.3 is 0 Å². The van der Waals surface area contributed by atoms with Gasteiger partial charge in [0.05, 0.1) is 0 Å². The van der Waals surface area contributed by atoms with Crippen molar-refractivity contribution in [2.24, 2.45) is 5.73 Å². The second-order valence-electron chi connectivity index (χ2n) is 5.68. The Morgan fingerprint density at radius 3 is 2.57 bits per heavy atom. The van der Waals surface area contributed by atoms with Crippen LogP contribution in [0.5, 0.6) is 0 Å². The molecular weight excluding hydrogens is 290 g/mol. The van der Waals surface area contributed by atoms with E-state index >= 15 is 0 Å². The fourth-order valence-corrected chi connectivity index (χ4v) is 2.98. The number of anilines is 2. The first-order valence-electron chi connectivity index (χ1n) is 7.58. The lowest BCUT2D eigenvalue weighted by atomic mass is 9.93. The van der Waals surface area contributed by atoms with Gasteiger partial charge in [0, 0.05) is 30.9 Å². The van der Waals surface area contributed by atoms with Crippen molar-refractivity contribution in [2.75, 3.05) is 16.8 Å². The van der Waals surface area contributed by atoms with Crippen molar-refractivity contribution >= 4 is 23.7 Å². The number of rotatable bonds is 3. The van der Waals surface area contributed by atoms with E-state index in [4.69, 9.17) is 5.73 Å². The molecule has 0 saturated carbocycles. The number of benzene rings is 2. The maximum absolute atomic E-state index is 11.8. The molecule has 1 aliphatic heterocycles. The lowest BCUT2D eigenvalue weighted by molar-refractivity contribution is -0.116. The van der Waals surface area contributed by atoms with Crippen LogP contribution in [0.1, 0.15) is 24.9 Å². The van der Waals surface area contributed by atoms with Crippen molar-refractivity contribution in [3.63, 3.8) is 0 Å². The molecule has 1 heterocycles. The number of carbonyl (C=O) groups is 2. The predicted octanol–water partition coefficient (Wildman–Crippen LogP) is 2.68. The van der Waals surface area contributed by atoms with Gasteiger partial charge in [0.15, 0.2) is 0 Å². The summed E-state index contributed by atoms with van der Waals surface area (Å²) in [5.74, 6) is 0.0372. The second-order valence-corrected chi connectivity index (χ2v) is 5.68. The van der Waals surface area contributed by atoms with Crippen molar-refractivity contribution in [3.05, 3.63) is 48.0 Å². The Labute approximate surface area is 135 Å². The van der Waals surface area contributed by atoms with E-state index in [9.17, 15) is 9.59 Å². The molecule has 2 aromatic rings. The van der Waals surface area contributed by atoms with Gasteiger partial charge in [-0.3, -0.25) is 9.59 Å². The Morgan fingerprint density at radius 1 is 1.22 bits per heavy atom. The van der Waals surface area contributed by atoms with Gasteiger partial charge in [0.25, 0.3) is 0 Å². The lowest BCUT2D eigenvalue weighted by Crippen LogP contribution is -2.36. The summed E-state index contributed by atoms with van der Waals surface area (Å²) in [6, 6.07) is 13.6. The molecule has 1 atom stereocenters. The standard InChI is InChI=1S/C18H19N3O2/c1-12(23)21-9-8-17(19)16-10-14(4-7-18(16)21)13-2-5-15(6-3-13)20-11-22/h2-7,10-11,17H,8-9,19H2,1H3,(H,20,22). The molecule has 2 aromatic carbocycles. The second kappa shape index (κ2) is 6.22. The van der Waals surface area contributed by atoms with E-state index < -0.39 is 0 Å². The minimum Gasteiger partial charge on any atom is -0.329 e. The minimum atomic E-state index is -0.0587. The fourth-order valence-electron chi connectivity index (χ4n) is 2.98. The molecule has 0 radical (unpaired) electrons. The van der Waals surface area contributed by atoms with Crippen LogP contribution in [0.25, 0.3) is 11.1 Å². The molecule has 0 saturated heterocycles. The van der Waals surface area contributed by atoms with E-state index in [1.165, 1.54) is 0 Å². The molecule has 23 heavy (non-hydrogen) atoms. The summed E-state index contributed by atoms with van der Waals surface area (Å²) in [5.41, 5.74) is 11.0. The Hall–Kier alpha value is -2.66. The summed E-state index contributed by atoms with van der Waals surface area (Å²) in [6.45, 7) is 2.24. The minimum absolute atomic E-state index is 0.0372. The third-order valence-corrected chi connectivity index (χ3v) is 4.21. The zero-order chi connectivity index (χ0) is 16.4. The molecule has 2 amide bonds. The molecule has 3 N–H and O–H groups in total. The number of hydrogen-bond acceptors (Lipinski definition) is 3. The zero-order valence-corrected chi connectivity index (χ0v) is 13.0. The number of nitrogens with zero attached hydrogens (tertiary/aromatic N) is 1. The molecule has 5 heteroatoms. The monoisotopic (exact) mass is 309 g/mol. The summed E-state index contributed by atoms with van der Waals surface area (Å²) >= 11 is 0. The van der Waals surface area contributed by atoms with Gasteiger partial charge in [-0.25, -0.2) is 0 Å². The van der Waals surface area contributed by atoms with Gasteiger partial charge in [0.1, 0.15) is 0 Å². The smallest absolute Gasteiger partial charge is 0.223 e. The lowest BCUT2D eigenvalue weighted by Gasteiger charge is -2.32. The summed E-state index contributed by atoms with van der Waals surface area (Å²) in [6.07, 6.45) is 1.42. The van der Waals surface area contributed by atoms with E-state index in [1.54, 1.807) is 11.8 Å². The Balaban J connectivity index is 1.97. The van der Waals surface area contributed by atoms with Crippen molar-refractivity contribution in [1.82, 2.24) is 0 Å². The summed E-state index contributed by atoms with van der Waals surface area (Å²) in [4.78, 5) is 24.0. The van der Waals surface area contributed by atoms with Crippen molar-refractivity contribution in [1.29, 1.82) is 0 Å². The van der Waals surface area contributed by atoms with Crippen LogP contribution >= 0.6 is 0 Å². The first-order chi connectivity index (χ1) is 11.1. The molecule has 0 aliphatic carbocycles. The van der Waals surface area contributed by atoms with Gasteiger partial charge in [-0.05, 0) is 47.4 Å². The van der Waals surface area contributed by atoms with E-state index in [-0.39, 0.29) is 11.9 Å². The fraction of sp³-hybridized carbons (Fsp3) is 0.222. The first kappa shape index (κ1) is 15.2. The van der Waals surface area contributed by atoms with E-state index in [0.29, 0.717) is 13.0 Å². The van der Waals surface area contributed by atoms with Gasteiger partial charge in [-0.2, -0.15) is 0 Å². The molecule has 0 fully saturated rings. The molecule has 1 unspecified atom stereocenters. The maximum Gasteiger partial charge on any atom is 0.223 e. The molecule has 118 valence electrons. The summed E-state index contributed by atoms with van der Waals surface area (Å²) in [7, 11) is 0. The topological polar surface area (TPSA) is 75.4 Å². The number of nitrogens with one attached hydrogen (secondary N) is 1. The number of carbonyl (C=O) groups excluding carboxylic acids is 2. The Kier molecular flexibility index (Phi) is 4.12. The highest BCUT2D eigenvalue weighted by atomic mass is 16.2. The first-order valence-corrected chi connectivity index (χ1v) is 7.58. The van der Waals surface area contributed by atoms with Crippen LogP contribution in [0.2, 0.25) is 0 Å². The van der Waals surface area contributed by atoms with Crippen LogP contribution < -0.4 is 16.0 Å². The third kappa shape index (κ3) is 2.96. The molecule has 5 nitrogen and oxygen atoms in total. The predicted molar refractivity (Wildman–Crippen MR) is 91.1 cm³/mol. The van der Waals surface area contributed by atoms with Crippen LogP contribution in [0, 0.1) is 0 Å². The van der Waals surface area contributed by atoms with Gasteiger partial charge in [-0.1, -0.05) is 18.2 Å². The molecule has 0 aromatic heterocycles. The largest absolute Gasteiger partial charge is 0.329 e. The van der Waals surface area contributed by atoms with Gasteiger partial charge in [-0.15, -0.1) is 0 Å². The SMILES string of the molecule is CC(=O)N1CCC(N)c2cc(-c3ccc(NC=O)cc3)ccc21. The molecule has 3 rings (SSSR count). The quantitative estimate of drug-likeness (QED) is 0.856. The van der Waals surface area contributed by atoms with E-state index in [1.807, 2.05) is 36.4 Å². The zero-order valence-electron chi connectivity index (χ0n) is 13.0. The number of hydrogen-bond donors (Lipinski definition) is 2. The van der Waals surface area contributed by atoms with Crippen LogP contribution in [0.4, 0.5) is 11.4 Å². The number of fused-ring (bicyclic) bond motifs is 1. The number of nitrogens with two attached hydrogens (primary N) is 1. The van der Waals surface area contributed by atoms with Crippen molar-refractivity contribution in [2.45, 2.75) is 19.4 Å². The van der Waals surface area contributed by atoms with E-state index in [0.717, 1.165) is 34.5 Å². The molecular formula is C18H19N3O2. The molecule has 0 spiro atoms. The van der Waals surface area contributed by atoms with Gasteiger partial charge < -0.3 is 16.0 Å². The Bertz CT molecular complexity index is 740. The van der Waals surface area contributed by atoms with Crippen LogP contribution in [0.15, 0.2) is 42.5 Å². The number of amides is 2. The third-order valence-electron chi connectivity index (χ3n) is 4.21. The van der Waals surface area contributed by atoms with Crippen molar-refractivity contribution < 1.29 is 9.59 Å². The Morgan fingerprint density at radius 2 is 1.91 bits per heavy atom. The highest BCUT2D eigenvalue weighted by molar-refractivity contribution is 5.93. The molecule has 1 aliphatic rings. The normalized spacial score (nSPS) is 16.6. The maximum atomic E-state index is 11.8. The average Bonchev–Trinajstić information content (AvgIpc) is 2.56. The van der Waals surface area contributed by atoms with E-state index in [2.05, 4.69) is 11.4 Å². The van der Waals surface area contributed by atoms with Crippen LogP contribution in [0.3, 0.4) is 0 Å². The molecule has 0 bridgehead atoms. The van der Waals surface area contributed by atoms with Crippen molar-refractivity contribution in [3.8, 4) is 11.1 Å². The average molecular weight is 309 g/mol. The summed E-state index contributed by atoms with van der Waals surface area (Å²) < 4.78 is 0. The highest BCUT2D eigenvalue weighted by Gasteiger charge is 2.25. The van der Waals surface area contributed by atoms with Crippen LogP contribution in [-0.2, 0) is 9.59 Å². The summed E-state index contributed by atoms with van der Waals surface area (Å²) in [5, 5.41) is 2.62. The highest BCUT2D eigenvalue weighted by Crippen LogP contribution is 2.36. The van der Waals surface area contributed by atoms with Gasteiger partial charge in [0.2, 0.25) is 12.3 Å². The van der Waals surface area contributed by atoms with Crippen LogP contribution in [-0.4, -0.2) is 18.9 Å².